The molecule has 0 aliphatic carbocycles. The average Bonchev–Trinajstić information content (AvgIpc) is 2.78. The number of carboxylic acid groups (broad SMARTS) is 2. The van der Waals surface area contributed by atoms with Crippen molar-refractivity contribution < 1.29 is 39.0 Å². The highest BCUT2D eigenvalue weighted by molar-refractivity contribution is 5.94. The first-order valence-corrected chi connectivity index (χ1v) is 11.6. The summed E-state index contributed by atoms with van der Waals surface area (Å²) in [6.07, 6.45) is -0.760. The molecule has 13 N–H and O–H groups in total. The average molecular weight is 531 g/mol. The van der Waals surface area contributed by atoms with Gasteiger partial charge in [-0.25, -0.2) is 4.79 Å². The minimum atomic E-state index is -1.43. The Kier molecular flexibility index (Phi) is 14.9. The summed E-state index contributed by atoms with van der Waals surface area (Å²) in [6, 6.07) is -5.05. The monoisotopic (exact) mass is 530 g/mol. The smallest absolute Gasteiger partial charge is 0.326 e. The van der Waals surface area contributed by atoms with Crippen LogP contribution in [0.4, 0.5) is 0 Å². The van der Waals surface area contributed by atoms with Crippen molar-refractivity contribution in [1.29, 1.82) is 0 Å². The standard InChI is InChI=1S/C21H38N8O8/c1-10(2)16(19(35)28-13(20(36)37)5-7-14(23)30)29-18(34)12(6-8-15(31)32)27-17(33)11(22)4-3-9-26-21(24)25/h10-13,16H,3-9,22H2,1-2H3,(H2,23,30)(H,27,33)(H,28,35)(H,29,34)(H,31,32)(H,36,37)(H4,24,25,26). The normalized spacial score (nSPS) is 13.9. The van der Waals surface area contributed by atoms with E-state index in [2.05, 4.69) is 20.9 Å². The molecule has 0 aromatic heterocycles. The Morgan fingerprint density at radius 2 is 1.35 bits per heavy atom. The Bertz CT molecular complexity index is 859. The Balaban J connectivity index is 5.42. The van der Waals surface area contributed by atoms with Crippen molar-refractivity contribution in [2.45, 2.75) is 76.5 Å². The molecule has 210 valence electrons. The number of aliphatic carboxylic acids is 2. The SMILES string of the molecule is CC(C)C(NC(=O)C(CCC(=O)O)NC(=O)C(N)CCCN=C(N)N)C(=O)NC(CCC(N)=O)C(=O)O. The van der Waals surface area contributed by atoms with Gasteiger partial charge in [0.15, 0.2) is 5.96 Å². The Labute approximate surface area is 214 Å². The summed E-state index contributed by atoms with van der Waals surface area (Å²) >= 11 is 0. The molecule has 0 radical (unpaired) electrons. The molecule has 0 bridgehead atoms. The van der Waals surface area contributed by atoms with Crippen LogP contribution in [0.15, 0.2) is 4.99 Å². The maximum absolute atomic E-state index is 12.9. The van der Waals surface area contributed by atoms with E-state index in [0.717, 1.165) is 0 Å². The fourth-order valence-electron chi connectivity index (χ4n) is 3.06. The van der Waals surface area contributed by atoms with Gasteiger partial charge in [-0.05, 0) is 31.6 Å². The zero-order chi connectivity index (χ0) is 28.7. The van der Waals surface area contributed by atoms with E-state index >= 15 is 0 Å². The van der Waals surface area contributed by atoms with Gasteiger partial charge >= 0.3 is 11.9 Å². The van der Waals surface area contributed by atoms with E-state index in [1.54, 1.807) is 13.8 Å². The third-order valence-corrected chi connectivity index (χ3v) is 5.13. The van der Waals surface area contributed by atoms with Crippen molar-refractivity contribution in [3.05, 3.63) is 0 Å². The van der Waals surface area contributed by atoms with Crippen molar-refractivity contribution in [1.82, 2.24) is 16.0 Å². The lowest BCUT2D eigenvalue weighted by atomic mass is 10.0. The van der Waals surface area contributed by atoms with Crippen LogP contribution < -0.4 is 38.9 Å². The van der Waals surface area contributed by atoms with Crippen molar-refractivity contribution in [2.24, 2.45) is 33.8 Å². The summed E-state index contributed by atoms with van der Waals surface area (Å²) < 4.78 is 0. The molecule has 0 fully saturated rings. The second kappa shape index (κ2) is 16.7. The van der Waals surface area contributed by atoms with Crippen LogP contribution in [0.5, 0.6) is 0 Å². The number of aliphatic imine (C=N–C) groups is 1. The van der Waals surface area contributed by atoms with Gasteiger partial charge in [0.05, 0.1) is 6.04 Å². The minimum Gasteiger partial charge on any atom is -0.481 e. The molecule has 0 aliphatic rings. The van der Waals surface area contributed by atoms with Crippen molar-refractivity contribution in [3.63, 3.8) is 0 Å². The Hall–Kier alpha value is -3.95. The maximum Gasteiger partial charge on any atom is 0.326 e. The molecule has 0 aromatic rings. The summed E-state index contributed by atoms with van der Waals surface area (Å²) in [4.78, 5) is 75.4. The minimum absolute atomic E-state index is 0.116. The molecule has 0 saturated heterocycles. The zero-order valence-electron chi connectivity index (χ0n) is 20.9. The number of carbonyl (C=O) groups excluding carboxylic acids is 4. The number of hydrogen-bond acceptors (Lipinski definition) is 8. The lowest BCUT2D eigenvalue weighted by Crippen LogP contribution is -2.58. The van der Waals surface area contributed by atoms with E-state index in [1.165, 1.54) is 0 Å². The molecular weight excluding hydrogens is 492 g/mol. The molecule has 16 heteroatoms. The highest BCUT2D eigenvalue weighted by Gasteiger charge is 2.32. The van der Waals surface area contributed by atoms with E-state index in [4.69, 9.17) is 28.0 Å². The number of carboxylic acids is 2. The first-order valence-electron chi connectivity index (χ1n) is 11.6. The van der Waals surface area contributed by atoms with Gasteiger partial charge in [0.25, 0.3) is 0 Å². The number of nitrogens with two attached hydrogens (primary N) is 4. The molecule has 0 rings (SSSR count). The predicted molar refractivity (Wildman–Crippen MR) is 131 cm³/mol. The Morgan fingerprint density at radius 3 is 1.84 bits per heavy atom. The van der Waals surface area contributed by atoms with Crippen LogP contribution in [0, 0.1) is 5.92 Å². The number of nitrogens with one attached hydrogen (secondary N) is 3. The van der Waals surface area contributed by atoms with E-state index in [-0.39, 0.29) is 38.2 Å². The topological polar surface area (TPSA) is 295 Å². The molecular formula is C21H38N8O8. The Morgan fingerprint density at radius 1 is 0.784 bits per heavy atom. The third kappa shape index (κ3) is 14.3. The number of rotatable bonds is 18. The van der Waals surface area contributed by atoms with Crippen LogP contribution >= 0.6 is 0 Å². The molecule has 0 aromatic carbocycles. The van der Waals surface area contributed by atoms with Crippen LogP contribution in [0.25, 0.3) is 0 Å². The zero-order valence-corrected chi connectivity index (χ0v) is 20.9. The van der Waals surface area contributed by atoms with Gasteiger partial charge in [0, 0.05) is 19.4 Å². The van der Waals surface area contributed by atoms with E-state index in [0.29, 0.717) is 6.42 Å². The summed E-state index contributed by atoms with van der Waals surface area (Å²) in [6.45, 7) is 3.40. The van der Waals surface area contributed by atoms with Gasteiger partial charge in [-0.15, -0.1) is 0 Å². The van der Waals surface area contributed by atoms with Gasteiger partial charge in [0.2, 0.25) is 23.6 Å². The molecule has 0 heterocycles. The maximum atomic E-state index is 12.9. The fourth-order valence-corrected chi connectivity index (χ4v) is 3.06. The largest absolute Gasteiger partial charge is 0.481 e. The summed E-state index contributed by atoms with van der Waals surface area (Å²) in [5, 5.41) is 25.4. The number of guanidine groups is 1. The molecule has 0 spiro atoms. The quantitative estimate of drug-likeness (QED) is 0.0480. The lowest BCUT2D eigenvalue weighted by molar-refractivity contribution is -0.143. The highest BCUT2D eigenvalue weighted by atomic mass is 16.4. The van der Waals surface area contributed by atoms with Crippen LogP contribution in [0.3, 0.4) is 0 Å². The fraction of sp³-hybridized carbons (Fsp3) is 0.667. The van der Waals surface area contributed by atoms with Crippen LogP contribution in [0.1, 0.15) is 52.4 Å². The van der Waals surface area contributed by atoms with Crippen molar-refractivity contribution in [2.75, 3.05) is 6.54 Å². The third-order valence-electron chi connectivity index (χ3n) is 5.13. The van der Waals surface area contributed by atoms with E-state index in [9.17, 15) is 33.9 Å². The first-order chi connectivity index (χ1) is 17.1. The predicted octanol–water partition coefficient (Wildman–Crippen LogP) is -3.31. The van der Waals surface area contributed by atoms with Crippen LogP contribution in [-0.4, -0.2) is 82.5 Å². The van der Waals surface area contributed by atoms with Gasteiger partial charge < -0.3 is 49.1 Å². The van der Waals surface area contributed by atoms with Crippen LogP contribution in [0.2, 0.25) is 0 Å². The second-order valence-corrected chi connectivity index (χ2v) is 8.68. The summed E-state index contributed by atoms with van der Waals surface area (Å²) in [7, 11) is 0. The number of carbonyl (C=O) groups is 6. The number of amides is 4. The molecule has 4 amide bonds. The van der Waals surface area contributed by atoms with Crippen molar-refractivity contribution in [3.8, 4) is 0 Å². The molecule has 16 nitrogen and oxygen atoms in total. The van der Waals surface area contributed by atoms with Crippen molar-refractivity contribution >= 4 is 41.5 Å². The van der Waals surface area contributed by atoms with Gasteiger partial charge in [0.1, 0.15) is 18.1 Å². The lowest BCUT2D eigenvalue weighted by Gasteiger charge is -2.27. The summed E-state index contributed by atoms with van der Waals surface area (Å²) in [5.74, 6) is -6.44. The highest BCUT2D eigenvalue weighted by Crippen LogP contribution is 2.08. The molecule has 0 saturated carbocycles. The number of hydrogen-bond donors (Lipinski definition) is 9. The van der Waals surface area contributed by atoms with Gasteiger partial charge in [-0.1, -0.05) is 13.8 Å². The number of nitrogens with zero attached hydrogens (tertiary/aromatic N) is 1. The summed E-state index contributed by atoms with van der Waals surface area (Å²) in [5.41, 5.74) is 21.3. The second-order valence-electron chi connectivity index (χ2n) is 8.68. The van der Waals surface area contributed by atoms with Gasteiger partial charge in [-0.2, -0.15) is 0 Å². The molecule has 4 unspecified atom stereocenters. The molecule has 0 aliphatic heterocycles. The molecule has 37 heavy (non-hydrogen) atoms. The number of primary amides is 1. The van der Waals surface area contributed by atoms with Crippen LogP contribution in [-0.2, 0) is 28.8 Å². The molecule has 4 atom stereocenters. The van der Waals surface area contributed by atoms with E-state index in [1.807, 2.05) is 0 Å². The van der Waals surface area contributed by atoms with E-state index < -0.39 is 72.1 Å². The first kappa shape index (κ1) is 33.0. The van der Waals surface area contributed by atoms with Gasteiger partial charge in [-0.3, -0.25) is 29.0 Å².